The lowest BCUT2D eigenvalue weighted by Gasteiger charge is -2.20. The van der Waals surface area contributed by atoms with Crippen molar-refractivity contribution in [2.75, 3.05) is 0 Å². The topological polar surface area (TPSA) is 43.4 Å². The van der Waals surface area contributed by atoms with E-state index in [1.54, 1.807) is 20.8 Å². The smallest absolute Gasteiger partial charge is 0.417 e. The molecule has 3 nitrogen and oxygen atoms in total. The standard InChI is InChI=1S/C22H18Cl2F4O3/c1-11-7-12(5-6-14(11)20(30)31-21(2,3)4)18(29)10-15(22(26,27)28)13-8-16(23)19(25)17(24)9-13/h5-10H,1-4H3. The summed E-state index contributed by atoms with van der Waals surface area (Å²) in [4.78, 5) is 24.8. The van der Waals surface area contributed by atoms with Gasteiger partial charge in [0, 0.05) is 5.56 Å². The summed E-state index contributed by atoms with van der Waals surface area (Å²) in [6, 6.07) is 5.31. The molecule has 0 bridgehead atoms. The Hall–Kier alpha value is -2.38. The molecule has 0 saturated heterocycles. The number of ether oxygens (including phenoxy) is 1. The molecule has 0 unspecified atom stereocenters. The molecule has 0 spiro atoms. The number of hydrogen-bond donors (Lipinski definition) is 0. The molecule has 2 rings (SSSR count). The van der Waals surface area contributed by atoms with E-state index in [-0.39, 0.29) is 11.1 Å². The van der Waals surface area contributed by atoms with Gasteiger partial charge in [-0.1, -0.05) is 29.3 Å². The number of benzene rings is 2. The molecular weight excluding hydrogens is 459 g/mol. The lowest BCUT2D eigenvalue weighted by atomic mass is 9.98. The first-order valence-electron chi connectivity index (χ1n) is 8.92. The monoisotopic (exact) mass is 476 g/mol. The van der Waals surface area contributed by atoms with Crippen molar-refractivity contribution in [3.05, 3.63) is 74.5 Å². The first-order valence-corrected chi connectivity index (χ1v) is 9.68. The molecule has 31 heavy (non-hydrogen) atoms. The molecule has 0 radical (unpaired) electrons. The summed E-state index contributed by atoms with van der Waals surface area (Å²) < 4.78 is 59.6. The minimum atomic E-state index is -4.94. The van der Waals surface area contributed by atoms with E-state index < -0.39 is 50.5 Å². The fourth-order valence-corrected chi connectivity index (χ4v) is 3.12. The second kappa shape index (κ2) is 9.01. The van der Waals surface area contributed by atoms with E-state index in [2.05, 4.69) is 0 Å². The molecule has 0 heterocycles. The Balaban J connectivity index is 2.46. The zero-order valence-corrected chi connectivity index (χ0v) is 18.5. The molecule has 0 fully saturated rings. The molecule has 0 aliphatic carbocycles. The van der Waals surface area contributed by atoms with E-state index in [9.17, 15) is 27.2 Å². The molecule has 0 saturated carbocycles. The predicted molar refractivity (Wildman–Crippen MR) is 111 cm³/mol. The number of hydrogen-bond acceptors (Lipinski definition) is 3. The van der Waals surface area contributed by atoms with Crippen LogP contribution in [0.2, 0.25) is 10.0 Å². The van der Waals surface area contributed by atoms with E-state index in [1.807, 2.05) is 0 Å². The highest BCUT2D eigenvalue weighted by Crippen LogP contribution is 2.37. The number of halogens is 6. The van der Waals surface area contributed by atoms with E-state index in [4.69, 9.17) is 27.9 Å². The number of aryl methyl sites for hydroxylation is 1. The van der Waals surface area contributed by atoms with Gasteiger partial charge < -0.3 is 4.74 Å². The Kier molecular flexibility index (Phi) is 7.23. The van der Waals surface area contributed by atoms with Crippen LogP contribution in [0.5, 0.6) is 0 Å². The SMILES string of the molecule is Cc1cc(C(=O)C=C(c2cc(Cl)c(F)c(Cl)c2)C(F)(F)F)ccc1C(=O)OC(C)(C)C. The van der Waals surface area contributed by atoms with Crippen LogP contribution >= 0.6 is 23.2 Å². The normalized spacial score (nSPS) is 12.6. The molecule has 0 N–H and O–H groups in total. The summed E-state index contributed by atoms with van der Waals surface area (Å²) in [5, 5.41) is -1.22. The molecule has 2 aromatic rings. The Labute approximate surface area is 186 Å². The minimum Gasteiger partial charge on any atom is -0.456 e. The molecule has 166 valence electrons. The largest absolute Gasteiger partial charge is 0.456 e. The van der Waals surface area contributed by atoms with Crippen LogP contribution in [-0.4, -0.2) is 23.5 Å². The Bertz CT molecular complexity index is 1040. The highest BCUT2D eigenvalue weighted by Gasteiger charge is 2.36. The molecule has 0 amide bonds. The summed E-state index contributed by atoms with van der Waals surface area (Å²) >= 11 is 11.2. The van der Waals surface area contributed by atoms with E-state index in [1.165, 1.54) is 25.1 Å². The van der Waals surface area contributed by atoms with Crippen molar-refractivity contribution in [1.82, 2.24) is 0 Å². The lowest BCUT2D eigenvalue weighted by Crippen LogP contribution is -2.24. The van der Waals surface area contributed by atoms with E-state index in [0.717, 1.165) is 12.1 Å². The lowest BCUT2D eigenvalue weighted by molar-refractivity contribution is -0.0690. The number of carbonyl (C=O) groups excluding carboxylic acids is 2. The van der Waals surface area contributed by atoms with Crippen LogP contribution < -0.4 is 0 Å². The van der Waals surface area contributed by atoms with Gasteiger partial charge in [0.25, 0.3) is 0 Å². The summed E-state index contributed by atoms with van der Waals surface area (Å²) in [5.74, 6) is -2.65. The summed E-state index contributed by atoms with van der Waals surface area (Å²) in [7, 11) is 0. The van der Waals surface area contributed by atoms with Crippen molar-refractivity contribution in [2.45, 2.75) is 39.5 Å². The molecule has 9 heteroatoms. The van der Waals surface area contributed by atoms with Crippen LogP contribution in [0.4, 0.5) is 17.6 Å². The highest BCUT2D eigenvalue weighted by atomic mass is 35.5. The number of rotatable bonds is 4. The molecule has 0 aliphatic heterocycles. The van der Waals surface area contributed by atoms with E-state index in [0.29, 0.717) is 11.6 Å². The highest BCUT2D eigenvalue weighted by molar-refractivity contribution is 6.35. The van der Waals surface area contributed by atoms with Gasteiger partial charge in [0.05, 0.1) is 21.2 Å². The summed E-state index contributed by atoms with van der Waals surface area (Å²) in [5.41, 5.74) is -2.17. The van der Waals surface area contributed by atoms with Crippen LogP contribution in [0.25, 0.3) is 5.57 Å². The van der Waals surface area contributed by atoms with Gasteiger partial charge in [-0.3, -0.25) is 4.79 Å². The van der Waals surface area contributed by atoms with Gasteiger partial charge in [-0.25, -0.2) is 9.18 Å². The third-order valence-electron chi connectivity index (χ3n) is 4.01. The molecular formula is C22H18Cl2F4O3. The van der Waals surface area contributed by atoms with Crippen LogP contribution in [0.15, 0.2) is 36.4 Å². The Morgan fingerprint density at radius 3 is 1.97 bits per heavy atom. The fraction of sp³-hybridized carbons (Fsp3) is 0.273. The van der Waals surface area contributed by atoms with Crippen LogP contribution in [-0.2, 0) is 4.74 Å². The van der Waals surface area contributed by atoms with Crippen molar-refractivity contribution in [3.63, 3.8) is 0 Å². The van der Waals surface area contributed by atoms with Gasteiger partial charge in [-0.2, -0.15) is 13.2 Å². The van der Waals surface area contributed by atoms with Crippen molar-refractivity contribution in [3.8, 4) is 0 Å². The van der Waals surface area contributed by atoms with Crippen molar-refractivity contribution < 1.29 is 31.9 Å². The number of ketones is 1. The number of allylic oxidation sites excluding steroid dienone is 2. The maximum absolute atomic E-state index is 13.6. The third kappa shape index (κ3) is 6.31. The van der Waals surface area contributed by atoms with Gasteiger partial charge in [0.15, 0.2) is 11.6 Å². The van der Waals surface area contributed by atoms with Crippen LogP contribution in [0.3, 0.4) is 0 Å². The zero-order chi connectivity index (χ0) is 23.7. The average molecular weight is 477 g/mol. The first kappa shape index (κ1) is 24.9. The summed E-state index contributed by atoms with van der Waals surface area (Å²) in [6.45, 7) is 6.60. The van der Waals surface area contributed by atoms with E-state index >= 15 is 0 Å². The Morgan fingerprint density at radius 2 is 1.52 bits per heavy atom. The maximum atomic E-state index is 13.6. The second-order valence-corrected chi connectivity index (χ2v) is 8.52. The first-order chi connectivity index (χ1) is 14.1. The maximum Gasteiger partial charge on any atom is 0.417 e. The quantitative estimate of drug-likeness (QED) is 0.154. The molecule has 0 atom stereocenters. The Morgan fingerprint density at radius 1 is 0.968 bits per heavy atom. The van der Waals surface area contributed by atoms with Gasteiger partial charge in [-0.15, -0.1) is 0 Å². The average Bonchev–Trinajstić information content (AvgIpc) is 2.60. The van der Waals surface area contributed by atoms with Crippen molar-refractivity contribution in [1.29, 1.82) is 0 Å². The number of esters is 1. The minimum absolute atomic E-state index is 0.0779. The number of carbonyl (C=O) groups is 2. The van der Waals surface area contributed by atoms with Crippen molar-refractivity contribution in [2.24, 2.45) is 0 Å². The molecule has 0 aromatic heterocycles. The molecule has 2 aromatic carbocycles. The van der Waals surface area contributed by atoms with Crippen LogP contribution in [0.1, 0.15) is 52.6 Å². The van der Waals surface area contributed by atoms with Crippen molar-refractivity contribution >= 4 is 40.5 Å². The summed E-state index contributed by atoms with van der Waals surface area (Å²) in [6.07, 6.45) is -4.56. The fourth-order valence-electron chi connectivity index (χ4n) is 2.63. The third-order valence-corrected chi connectivity index (χ3v) is 4.56. The van der Waals surface area contributed by atoms with Gasteiger partial charge in [0.2, 0.25) is 0 Å². The second-order valence-electron chi connectivity index (χ2n) is 7.71. The van der Waals surface area contributed by atoms with Gasteiger partial charge >= 0.3 is 12.1 Å². The van der Waals surface area contributed by atoms with Crippen LogP contribution in [0, 0.1) is 12.7 Å². The molecule has 0 aliphatic rings. The number of alkyl halides is 3. The predicted octanol–water partition coefficient (Wildman–Crippen LogP) is 7.22. The van der Waals surface area contributed by atoms with Gasteiger partial charge in [0.1, 0.15) is 5.60 Å². The van der Waals surface area contributed by atoms with Gasteiger partial charge in [-0.05, 0) is 69.2 Å². The zero-order valence-electron chi connectivity index (χ0n) is 17.0.